The zero-order chi connectivity index (χ0) is 13.9. The summed E-state index contributed by atoms with van der Waals surface area (Å²) in [6.07, 6.45) is 1.12. The third kappa shape index (κ3) is 2.50. The molecule has 3 aromatic rings. The molecule has 3 rings (SSSR count). The molecule has 0 radical (unpaired) electrons. The number of nitrogens with zero attached hydrogens (tertiary/aromatic N) is 3. The molecule has 2 heterocycles. The molecular formula is C14H16N4O2. The van der Waals surface area contributed by atoms with Crippen molar-refractivity contribution in [2.24, 2.45) is 0 Å². The van der Waals surface area contributed by atoms with Gasteiger partial charge in [-0.25, -0.2) is 4.98 Å². The standard InChI is InChI=1S/C14H16N4O2/c1-10(19)8-15-14-16-12-4-2-3-5-13(12)18(14)9-11-6-7-20-17-11/h2-7,10,19H,8-9H2,1H3,(H,15,16). The van der Waals surface area contributed by atoms with Gasteiger partial charge in [0.25, 0.3) is 0 Å². The van der Waals surface area contributed by atoms with E-state index in [1.54, 1.807) is 13.2 Å². The molecule has 2 N–H and O–H groups in total. The van der Waals surface area contributed by atoms with E-state index < -0.39 is 6.10 Å². The molecule has 6 nitrogen and oxygen atoms in total. The summed E-state index contributed by atoms with van der Waals surface area (Å²) in [5, 5.41) is 16.5. The van der Waals surface area contributed by atoms with Gasteiger partial charge in [0.05, 0.1) is 23.7 Å². The van der Waals surface area contributed by atoms with Crippen LogP contribution in [0.15, 0.2) is 41.1 Å². The Bertz CT molecular complexity index is 688. The Morgan fingerprint density at radius 2 is 2.20 bits per heavy atom. The Hall–Kier alpha value is -2.34. The monoisotopic (exact) mass is 272 g/mol. The van der Waals surface area contributed by atoms with Gasteiger partial charge in [0.15, 0.2) is 0 Å². The molecule has 1 atom stereocenters. The van der Waals surface area contributed by atoms with E-state index in [0.717, 1.165) is 22.7 Å². The summed E-state index contributed by atoms with van der Waals surface area (Å²) < 4.78 is 6.89. The molecule has 104 valence electrons. The van der Waals surface area contributed by atoms with E-state index in [2.05, 4.69) is 15.5 Å². The summed E-state index contributed by atoms with van der Waals surface area (Å²) in [5.41, 5.74) is 2.75. The molecule has 1 unspecified atom stereocenters. The summed E-state index contributed by atoms with van der Waals surface area (Å²) in [6, 6.07) is 9.72. The zero-order valence-electron chi connectivity index (χ0n) is 11.2. The van der Waals surface area contributed by atoms with Crippen LogP contribution in [-0.2, 0) is 6.54 Å². The van der Waals surface area contributed by atoms with Gasteiger partial charge in [-0.15, -0.1) is 0 Å². The first-order chi connectivity index (χ1) is 9.74. The highest BCUT2D eigenvalue weighted by Gasteiger charge is 2.12. The Labute approximate surface area is 116 Å². The number of rotatable bonds is 5. The van der Waals surface area contributed by atoms with E-state index in [0.29, 0.717) is 13.1 Å². The molecule has 0 bridgehead atoms. The Morgan fingerprint density at radius 1 is 1.35 bits per heavy atom. The second-order valence-corrected chi connectivity index (χ2v) is 4.73. The number of aromatic nitrogens is 3. The first-order valence-corrected chi connectivity index (χ1v) is 6.50. The first kappa shape index (κ1) is 12.7. The summed E-state index contributed by atoms with van der Waals surface area (Å²) in [6.45, 7) is 2.75. The lowest BCUT2D eigenvalue weighted by molar-refractivity contribution is 0.208. The lowest BCUT2D eigenvalue weighted by Gasteiger charge is -2.10. The third-order valence-corrected chi connectivity index (χ3v) is 3.02. The number of anilines is 1. The van der Waals surface area contributed by atoms with Crippen molar-refractivity contribution < 1.29 is 9.63 Å². The number of aliphatic hydroxyl groups excluding tert-OH is 1. The fourth-order valence-corrected chi connectivity index (χ4v) is 2.09. The summed E-state index contributed by atoms with van der Waals surface area (Å²) in [4.78, 5) is 4.55. The second kappa shape index (κ2) is 5.34. The van der Waals surface area contributed by atoms with E-state index in [1.807, 2.05) is 34.9 Å². The highest BCUT2D eigenvalue weighted by atomic mass is 16.5. The smallest absolute Gasteiger partial charge is 0.204 e. The van der Waals surface area contributed by atoms with E-state index in [9.17, 15) is 5.11 Å². The summed E-state index contributed by atoms with van der Waals surface area (Å²) in [5.74, 6) is 0.718. The number of nitrogens with one attached hydrogen (secondary N) is 1. The Morgan fingerprint density at radius 3 is 2.95 bits per heavy atom. The average molecular weight is 272 g/mol. The highest BCUT2D eigenvalue weighted by Crippen LogP contribution is 2.20. The van der Waals surface area contributed by atoms with Crippen molar-refractivity contribution in [1.82, 2.24) is 14.7 Å². The maximum Gasteiger partial charge on any atom is 0.204 e. The molecule has 20 heavy (non-hydrogen) atoms. The van der Waals surface area contributed by atoms with Crippen molar-refractivity contribution in [2.75, 3.05) is 11.9 Å². The van der Waals surface area contributed by atoms with Crippen molar-refractivity contribution in [3.63, 3.8) is 0 Å². The molecule has 0 aliphatic rings. The maximum absolute atomic E-state index is 9.41. The molecule has 0 aliphatic heterocycles. The Balaban J connectivity index is 1.99. The van der Waals surface area contributed by atoms with Crippen molar-refractivity contribution in [2.45, 2.75) is 19.6 Å². The van der Waals surface area contributed by atoms with Gasteiger partial charge in [-0.05, 0) is 19.1 Å². The van der Waals surface area contributed by atoms with E-state index >= 15 is 0 Å². The molecule has 0 spiro atoms. The molecule has 6 heteroatoms. The number of benzene rings is 1. The minimum absolute atomic E-state index is 0.435. The van der Waals surface area contributed by atoms with Crippen LogP contribution in [0.5, 0.6) is 0 Å². The van der Waals surface area contributed by atoms with Gasteiger partial charge in [0, 0.05) is 12.6 Å². The van der Waals surface area contributed by atoms with Gasteiger partial charge < -0.3 is 19.5 Å². The fraction of sp³-hybridized carbons (Fsp3) is 0.286. The van der Waals surface area contributed by atoms with Crippen LogP contribution >= 0.6 is 0 Å². The van der Waals surface area contributed by atoms with Crippen LogP contribution in [-0.4, -0.2) is 32.5 Å². The Kier molecular flexibility index (Phi) is 3.39. The maximum atomic E-state index is 9.41. The molecule has 0 aliphatic carbocycles. The van der Waals surface area contributed by atoms with Crippen LogP contribution in [0.3, 0.4) is 0 Å². The van der Waals surface area contributed by atoms with Gasteiger partial charge in [0.1, 0.15) is 12.0 Å². The summed E-state index contributed by atoms with van der Waals surface area (Å²) >= 11 is 0. The average Bonchev–Trinajstić information content (AvgIpc) is 3.05. The van der Waals surface area contributed by atoms with Crippen molar-refractivity contribution >= 4 is 17.0 Å². The minimum Gasteiger partial charge on any atom is -0.392 e. The van der Waals surface area contributed by atoms with Crippen LogP contribution in [0.2, 0.25) is 0 Å². The second-order valence-electron chi connectivity index (χ2n) is 4.73. The largest absolute Gasteiger partial charge is 0.392 e. The van der Waals surface area contributed by atoms with Gasteiger partial charge in [-0.2, -0.15) is 0 Å². The molecule has 0 amide bonds. The van der Waals surface area contributed by atoms with Crippen molar-refractivity contribution in [3.8, 4) is 0 Å². The normalized spacial score (nSPS) is 12.7. The quantitative estimate of drug-likeness (QED) is 0.741. The number of fused-ring (bicyclic) bond motifs is 1. The van der Waals surface area contributed by atoms with Crippen LogP contribution < -0.4 is 5.32 Å². The highest BCUT2D eigenvalue weighted by molar-refractivity contribution is 5.78. The van der Waals surface area contributed by atoms with E-state index in [4.69, 9.17) is 4.52 Å². The number of hydrogen-bond acceptors (Lipinski definition) is 5. The van der Waals surface area contributed by atoms with Crippen LogP contribution in [0.25, 0.3) is 11.0 Å². The van der Waals surface area contributed by atoms with Gasteiger partial charge >= 0.3 is 0 Å². The first-order valence-electron chi connectivity index (χ1n) is 6.50. The molecular weight excluding hydrogens is 256 g/mol. The van der Waals surface area contributed by atoms with Crippen LogP contribution in [0.4, 0.5) is 5.95 Å². The molecule has 2 aromatic heterocycles. The predicted octanol–water partition coefficient (Wildman–Crippen LogP) is 1.87. The third-order valence-electron chi connectivity index (χ3n) is 3.02. The topological polar surface area (TPSA) is 76.1 Å². The number of imidazole rings is 1. The van der Waals surface area contributed by atoms with Gasteiger partial charge in [-0.1, -0.05) is 17.3 Å². The fourth-order valence-electron chi connectivity index (χ4n) is 2.09. The number of hydrogen-bond donors (Lipinski definition) is 2. The number of aliphatic hydroxyl groups is 1. The molecule has 0 fully saturated rings. The minimum atomic E-state index is -0.435. The molecule has 0 saturated heterocycles. The van der Waals surface area contributed by atoms with E-state index in [-0.39, 0.29) is 0 Å². The lowest BCUT2D eigenvalue weighted by Crippen LogP contribution is -2.18. The molecule has 1 aromatic carbocycles. The van der Waals surface area contributed by atoms with Crippen LogP contribution in [0.1, 0.15) is 12.6 Å². The van der Waals surface area contributed by atoms with Gasteiger partial charge in [0.2, 0.25) is 5.95 Å². The van der Waals surface area contributed by atoms with E-state index in [1.165, 1.54) is 0 Å². The SMILES string of the molecule is CC(O)CNc1nc2ccccc2n1Cc1ccon1. The number of para-hydroxylation sites is 2. The van der Waals surface area contributed by atoms with Crippen molar-refractivity contribution in [3.05, 3.63) is 42.3 Å². The van der Waals surface area contributed by atoms with Crippen molar-refractivity contribution in [1.29, 1.82) is 0 Å². The zero-order valence-corrected chi connectivity index (χ0v) is 11.2. The lowest BCUT2D eigenvalue weighted by atomic mass is 10.3. The molecule has 0 saturated carbocycles. The van der Waals surface area contributed by atoms with Gasteiger partial charge in [-0.3, -0.25) is 0 Å². The predicted molar refractivity (Wildman–Crippen MR) is 75.5 cm³/mol. The van der Waals surface area contributed by atoms with Crippen LogP contribution in [0, 0.1) is 0 Å². The summed E-state index contributed by atoms with van der Waals surface area (Å²) in [7, 11) is 0.